The van der Waals surface area contributed by atoms with E-state index in [-0.39, 0.29) is 18.7 Å². The van der Waals surface area contributed by atoms with E-state index in [1.807, 2.05) is 38.1 Å². The van der Waals surface area contributed by atoms with Crippen molar-refractivity contribution < 1.29 is 23.9 Å². The highest BCUT2D eigenvalue weighted by atomic mass is 16.6. The zero-order chi connectivity index (χ0) is 30.1. The first-order valence-electron chi connectivity index (χ1n) is 14.8. The highest BCUT2D eigenvalue weighted by Crippen LogP contribution is 2.27. The number of alkyl carbamates (subject to hydrolysis) is 1. The number of rotatable bonds is 18. The largest absolute Gasteiger partial charge is 0.444 e. The van der Waals surface area contributed by atoms with E-state index in [0.29, 0.717) is 19.5 Å². The minimum atomic E-state index is -1.09. The fraction of sp³-hybridized carbons (Fsp3) is 0.677. The Kier molecular flexibility index (Phi) is 16.0. The van der Waals surface area contributed by atoms with Crippen molar-refractivity contribution in [2.24, 2.45) is 5.73 Å². The summed E-state index contributed by atoms with van der Waals surface area (Å²) in [6.45, 7) is 12.1. The Labute approximate surface area is 241 Å². The molecule has 0 bridgehead atoms. The summed E-state index contributed by atoms with van der Waals surface area (Å²) in [5.74, 6) is -1.30. The lowest BCUT2D eigenvalue weighted by atomic mass is 9.97. The van der Waals surface area contributed by atoms with Gasteiger partial charge in [0.25, 0.3) is 0 Å². The van der Waals surface area contributed by atoms with Gasteiger partial charge >= 0.3 is 6.09 Å². The number of benzene rings is 1. The number of ether oxygens (including phenoxy) is 1. The molecule has 9 heteroatoms. The molecule has 0 heterocycles. The van der Waals surface area contributed by atoms with Gasteiger partial charge in [-0.25, -0.2) is 4.79 Å². The molecule has 1 aromatic carbocycles. The van der Waals surface area contributed by atoms with E-state index in [4.69, 9.17) is 10.5 Å². The molecule has 0 saturated carbocycles. The normalized spacial score (nSPS) is 12.8. The van der Waals surface area contributed by atoms with Crippen LogP contribution in [0.2, 0.25) is 0 Å². The second-order valence-electron chi connectivity index (χ2n) is 11.4. The van der Waals surface area contributed by atoms with Crippen LogP contribution in [0.25, 0.3) is 0 Å². The molecule has 0 fully saturated rings. The van der Waals surface area contributed by atoms with Crippen LogP contribution in [0, 0.1) is 6.92 Å². The van der Waals surface area contributed by atoms with Crippen LogP contribution >= 0.6 is 0 Å². The molecule has 2 unspecified atom stereocenters. The number of hydrogen-bond donors (Lipinski definition) is 3. The van der Waals surface area contributed by atoms with Gasteiger partial charge in [-0.1, -0.05) is 76.6 Å². The van der Waals surface area contributed by atoms with Crippen molar-refractivity contribution in [1.82, 2.24) is 15.5 Å². The smallest absolute Gasteiger partial charge is 0.408 e. The van der Waals surface area contributed by atoms with E-state index in [9.17, 15) is 19.2 Å². The van der Waals surface area contributed by atoms with Crippen LogP contribution < -0.4 is 16.4 Å². The van der Waals surface area contributed by atoms with Crippen molar-refractivity contribution in [3.05, 3.63) is 35.4 Å². The van der Waals surface area contributed by atoms with Gasteiger partial charge < -0.3 is 26.0 Å². The molecular formula is C31H52N4O5. The van der Waals surface area contributed by atoms with Gasteiger partial charge in [-0.3, -0.25) is 14.4 Å². The molecule has 0 saturated heterocycles. The number of amides is 4. The lowest BCUT2D eigenvalue weighted by molar-refractivity contribution is -0.142. The Balaban J connectivity index is 3.44. The number of nitrogens with one attached hydrogen (secondary N) is 2. The first-order chi connectivity index (χ1) is 18.9. The number of carbonyl (C=O) groups is 4. The highest BCUT2D eigenvalue weighted by molar-refractivity contribution is 5.92. The van der Waals surface area contributed by atoms with E-state index < -0.39 is 35.6 Å². The van der Waals surface area contributed by atoms with Gasteiger partial charge in [-0.2, -0.15) is 0 Å². The minimum absolute atomic E-state index is 0.00163. The Hall–Kier alpha value is -3.10. The molecule has 226 valence electrons. The molecule has 40 heavy (non-hydrogen) atoms. The summed E-state index contributed by atoms with van der Waals surface area (Å²) in [5, 5.41) is 5.65. The average molecular weight is 561 g/mol. The Morgan fingerprint density at radius 1 is 0.950 bits per heavy atom. The van der Waals surface area contributed by atoms with E-state index in [2.05, 4.69) is 17.6 Å². The summed E-state index contributed by atoms with van der Waals surface area (Å²) < 4.78 is 5.40. The first-order valence-corrected chi connectivity index (χ1v) is 14.8. The fourth-order valence-electron chi connectivity index (χ4n) is 4.45. The maximum absolute atomic E-state index is 14.2. The van der Waals surface area contributed by atoms with Crippen molar-refractivity contribution in [3.8, 4) is 0 Å². The van der Waals surface area contributed by atoms with Gasteiger partial charge in [0, 0.05) is 19.5 Å². The number of carbonyl (C=O) groups excluding carboxylic acids is 4. The summed E-state index contributed by atoms with van der Waals surface area (Å²) in [6, 6.07) is 5.55. The molecule has 1 rings (SSSR count). The number of nitrogens with two attached hydrogens (primary N) is 1. The molecule has 0 aliphatic rings. The number of aryl methyl sites for hydroxylation is 1. The zero-order valence-corrected chi connectivity index (χ0v) is 25.5. The molecule has 1 aromatic rings. The van der Waals surface area contributed by atoms with Crippen LogP contribution in [0.5, 0.6) is 0 Å². The lowest BCUT2D eigenvalue weighted by Crippen LogP contribution is -2.53. The van der Waals surface area contributed by atoms with Crippen LogP contribution in [0.3, 0.4) is 0 Å². The summed E-state index contributed by atoms with van der Waals surface area (Å²) in [4.78, 5) is 53.8. The molecule has 2 atom stereocenters. The van der Waals surface area contributed by atoms with Crippen LogP contribution in [0.4, 0.5) is 4.79 Å². The number of unbranched alkanes of at least 4 members (excludes halogenated alkanes) is 6. The summed E-state index contributed by atoms with van der Waals surface area (Å²) in [7, 11) is 0. The Morgan fingerprint density at radius 3 is 2.17 bits per heavy atom. The van der Waals surface area contributed by atoms with Crippen molar-refractivity contribution >= 4 is 23.8 Å². The number of hydrogen-bond acceptors (Lipinski definition) is 5. The predicted octanol–water partition coefficient (Wildman–Crippen LogP) is 5.30. The maximum atomic E-state index is 14.2. The van der Waals surface area contributed by atoms with Gasteiger partial charge in [-0.15, -0.1) is 0 Å². The molecule has 4 N–H and O–H groups in total. The average Bonchev–Trinajstić information content (AvgIpc) is 2.87. The SMILES string of the molecule is CCCCCCCCN(C(=O)C(CCC(N)=O)NC(=O)OC(C)(C)C)C(C(=O)NCCCC)c1ccccc1C. The van der Waals surface area contributed by atoms with Crippen molar-refractivity contribution in [2.75, 3.05) is 13.1 Å². The quantitative estimate of drug-likeness (QED) is 0.210. The maximum Gasteiger partial charge on any atom is 0.408 e. The molecule has 9 nitrogen and oxygen atoms in total. The second-order valence-corrected chi connectivity index (χ2v) is 11.4. The lowest BCUT2D eigenvalue weighted by Gasteiger charge is -2.35. The summed E-state index contributed by atoms with van der Waals surface area (Å²) >= 11 is 0. The van der Waals surface area contributed by atoms with Gasteiger partial charge in [0.05, 0.1) is 0 Å². The van der Waals surface area contributed by atoms with E-state index in [0.717, 1.165) is 56.1 Å². The van der Waals surface area contributed by atoms with E-state index in [1.165, 1.54) is 0 Å². The highest BCUT2D eigenvalue weighted by Gasteiger charge is 2.36. The second kappa shape index (κ2) is 18.3. The summed E-state index contributed by atoms with van der Waals surface area (Å²) in [5.41, 5.74) is 6.23. The van der Waals surface area contributed by atoms with Gasteiger partial charge in [0.2, 0.25) is 17.7 Å². The number of primary amides is 1. The van der Waals surface area contributed by atoms with Crippen molar-refractivity contribution in [2.45, 2.75) is 123 Å². The number of nitrogens with zero attached hydrogens (tertiary/aromatic N) is 1. The molecule has 0 radical (unpaired) electrons. The monoisotopic (exact) mass is 560 g/mol. The third kappa shape index (κ3) is 13.3. The topological polar surface area (TPSA) is 131 Å². The Morgan fingerprint density at radius 2 is 1.57 bits per heavy atom. The van der Waals surface area contributed by atoms with Crippen molar-refractivity contribution in [1.29, 1.82) is 0 Å². The molecule has 0 aliphatic carbocycles. The van der Waals surface area contributed by atoms with Crippen LogP contribution in [-0.4, -0.2) is 53.4 Å². The first kappa shape index (κ1) is 34.9. The molecule has 4 amide bonds. The Bertz CT molecular complexity index is 944. The third-order valence-corrected chi connectivity index (χ3v) is 6.58. The molecule has 0 spiro atoms. The van der Waals surface area contributed by atoms with E-state index in [1.54, 1.807) is 25.7 Å². The molecular weight excluding hydrogens is 508 g/mol. The van der Waals surface area contributed by atoms with Gasteiger partial charge in [0.15, 0.2) is 0 Å². The fourth-order valence-corrected chi connectivity index (χ4v) is 4.45. The van der Waals surface area contributed by atoms with Crippen LogP contribution in [-0.2, 0) is 19.1 Å². The molecule has 0 aliphatic heterocycles. The van der Waals surface area contributed by atoms with Gasteiger partial charge in [0.1, 0.15) is 17.7 Å². The standard InChI is InChI=1S/C31H52N4O5/c1-7-9-11-12-13-16-22-35(27(28(37)33-21-10-8-2)24-18-15-14-17-23(24)3)29(38)25(19-20-26(32)36)34-30(39)40-31(4,5)6/h14-15,17-18,25,27H,7-13,16,19-22H2,1-6H3,(H2,32,36)(H,33,37)(H,34,39). The third-order valence-electron chi connectivity index (χ3n) is 6.58. The van der Waals surface area contributed by atoms with Crippen LogP contribution in [0.1, 0.15) is 116 Å². The van der Waals surface area contributed by atoms with Gasteiger partial charge in [-0.05, 0) is 58.1 Å². The molecule has 0 aromatic heterocycles. The van der Waals surface area contributed by atoms with E-state index >= 15 is 0 Å². The summed E-state index contributed by atoms with van der Waals surface area (Å²) in [6.07, 6.45) is 6.92. The minimum Gasteiger partial charge on any atom is -0.444 e. The zero-order valence-electron chi connectivity index (χ0n) is 25.5. The van der Waals surface area contributed by atoms with Crippen molar-refractivity contribution in [3.63, 3.8) is 0 Å². The van der Waals surface area contributed by atoms with Crippen LogP contribution in [0.15, 0.2) is 24.3 Å². The predicted molar refractivity (Wildman–Crippen MR) is 159 cm³/mol.